The van der Waals surface area contributed by atoms with Crippen molar-refractivity contribution in [1.29, 1.82) is 0 Å². The Labute approximate surface area is 154 Å². The minimum Gasteiger partial charge on any atom is -0.489 e. The monoisotopic (exact) mass is 377 g/mol. The van der Waals surface area contributed by atoms with E-state index >= 15 is 0 Å². The van der Waals surface area contributed by atoms with Gasteiger partial charge >= 0.3 is 5.97 Å². The highest BCUT2D eigenvalue weighted by Gasteiger charge is 2.18. The van der Waals surface area contributed by atoms with E-state index in [1.807, 2.05) is 0 Å². The Bertz CT molecular complexity index is 807. The van der Waals surface area contributed by atoms with Crippen LogP contribution in [0.15, 0.2) is 30.6 Å². The van der Waals surface area contributed by atoms with Gasteiger partial charge in [0.05, 0.1) is 24.2 Å². The second-order valence-electron chi connectivity index (χ2n) is 5.63. The van der Waals surface area contributed by atoms with Gasteiger partial charge in [-0.05, 0) is 31.0 Å². The van der Waals surface area contributed by atoms with Gasteiger partial charge in [-0.25, -0.2) is 14.8 Å². The highest BCUT2D eigenvalue weighted by molar-refractivity contribution is 6.31. The van der Waals surface area contributed by atoms with Gasteiger partial charge in [0, 0.05) is 11.6 Å². The molecule has 1 aromatic carbocycles. The second-order valence-corrected chi connectivity index (χ2v) is 6.07. The molecule has 0 radical (unpaired) electrons. The lowest BCUT2D eigenvalue weighted by molar-refractivity contribution is 0.0681. The molecule has 1 saturated heterocycles. The summed E-state index contributed by atoms with van der Waals surface area (Å²) < 4.78 is 11.3. The van der Waals surface area contributed by atoms with Crippen LogP contribution < -0.4 is 10.1 Å². The number of carbonyl (C=O) groups excluding carboxylic acids is 1. The first-order valence-corrected chi connectivity index (χ1v) is 8.31. The van der Waals surface area contributed by atoms with Crippen LogP contribution in [-0.2, 0) is 4.74 Å². The number of aromatic nitrogens is 2. The van der Waals surface area contributed by atoms with Crippen LogP contribution in [0.3, 0.4) is 0 Å². The molecule has 136 valence electrons. The zero-order chi connectivity index (χ0) is 18.5. The van der Waals surface area contributed by atoms with Gasteiger partial charge < -0.3 is 19.9 Å². The van der Waals surface area contributed by atoms with Crippen LogP contribution in [0.5, 0.6) is 5.75 Å². The van der Waals surface area contributed by atoms with Crippen molar-refractivity contribution in [1.82, 2.24) is 9.97 Å². The average Bonchev–Trinajstić information content (AvgIpc) is 3.14. The highest BCUT2D eigenvalue weighted by atomic mass is 35.5. The number of anilines is 1. The number of amides is 1. The maximum atomic E-state index is 12.3. The molecule has 9 heteroatoms. The summed E-state index contributed by atoms with van der Waals surface area (Å²) in [7, 11) is 0. The fourth-order valence-electron chi connectivity index (χ4n) is 2.43. The van der Waals surface area contributed by atoms with Crippen molar-refractivity contribution in [3.63, 3.8) is 0 Å². The summed E-state index contributed by atoms with van der Waals surface area (Å²) in [4.78, 5) is 30.6. The number of nitrogens with zero attached hydrogens (tertiary/aromatic N) is 2. The number of nitrogens with one attached hydrogen (secondary N) is 1. The molecule has 0 spiro atoms. The molecule has 0 bridgehead atoms. The first-order valence-electron chi connectivity index (χ1n) is 7.93. The van der Waals surface area contributed by atoms with Crippen LogP contribution >= 0.6 is 11.6 Å². The van der Waals surface area contributed by atoms with Crippen LogP contribution in [0.1, 0.15) is 33.8 Å². The summed E-state index contributed by atoms with van der Waals surface area (Å²) in [5.74, 6) is -1.32. The quantitative estimate of drug-likeness (QED) is 0.795. The van der Waals surface area contributed by atoms with Gasteiger partial charge in [-0.2, -0.15) is 0 Å². The van der Waals surface area contributed by atoms with Gasteiger partial charge in [0.2, 0.25) is 0 Å². The van der Waals surface area contributed by atoms with E-state index in [-0.39, 0.29) is 17.5 Å². The number of halogens is 1. The number of benzene rings is 1. The number of rotatable bonds is 6. The molecule has 0 aliphatic carbocycles. The summed E-state index contributed by atoms with van der Waals surface area (Å²) in [6.07, 6.45) is 4.08. The van der Waals surface area contributed by atoms with Gasteiger partial charge in [-0.3, -0.25) is 4.79 Å². The zero-order valence-electron chi connectivity index (χ0n) is 13.6. The van der Waals surface area contributed by atoms with E-state index in [4.69, 9.17) is 26.2 Å². The van der Waals surface area contributed by atoms with Gasteiger partial charge in [0.15, 0.2) is 5.69 Å². The maximum absolute atomic E-state index is 12.3. The average molecular weight is 378 g/mol. The van der Waals surface area contributed by atoms with E-state index in [0.717, 1.165) is 31.8 Å². The summed E-state index contributed by atoms with van der Waals surface area (Å²) in [6, 6.07) is 4.87. The minimum absolute atomic E-state index is 0.0277. The van der Waals surface area contributed by atoms with Crippen LogP contribution in [0, 0.1) is 0 Å². The lowest BCUT2D eigenvalue weighted by Crippen LogP contribution is -2.19. The molecule has 8 nitrogen and oxygen atoms in total. The molecular weight excluding hydrogens is 362 g/mol. The smallest absolute Gasteiger partial charge is 0.356 e. The van der Waals surface area contributed by atoms with Gasteiger partial charge in [-0.15, -0.1) is 0 Å². The molecule has 3 rings (SSSR count). The second kappa shape index (κ2) is 8.11. The largest absolute Gasteiger partial charge is 0.489 e. The van der Waals surface area contributed by atoms with Crippen LogP contribution in [0.2, 0.25) is 5.02 Å². The summed E-state index contributed by atoms with van der Waals surface area (Å²) in [5, 5.41) is 11.9. The van der Waals surface area contributed by atoms with Crippen molar-refractivity contribution >= 4 is 29.2 Å². The fourth-order valence-corrected chi connectivity index (χ4v) is 2.60. The Morgan fingerprint density at radius 3 is 2.73 bits per heavy atom. The predicted molar refractivity (Wildman–Crippen MR) is 92.9 cm³/mol. The zero-order valence-corrected chi connectivity index (χ0v) is 14.4. The van der Waals surface area contributed by atoms with Crippen molar-refractivity contribution < 1.29 is 24.2 Å². The van der Waals surface area contributed by atoms with Crippen molar-refractivity contribution in [2.24, 2.45) is 0 Å². The molecule has 1 aromatic heterocycles. The van der Waals surface area contributed by atoms with Gasteiger partial charge in [0.25, 0.3) is 5.91 Å². The van der Waals surface area contributed by atoms with E-state index in [2.05, 4.69) is 15.3 Å². The first-order chi connectivity index (χ1) is 12.5. The first kappa shape index (κ1) is 18.1. The van der Waals surface area contributed by atoms with Crippen LogP contribution in [0.25, 0.3) is 0 Å². The van der Waals surface area contributed by atoms with E-state index in [1.165, 1.54) is 0 Å². The lowest BCUT2D eigenvalue weighted by Gasteiger charge is -2.15. The Hall–Kier alpha value is -2.71. The topological polar surface area (TPSA) is 111 Å². The number of aromatic carboxylic acids is 1. The van der Waals surface area contributed by atoms with Gasteiger partial charge in [-0.1, -0.05) is 11.6 Å². The van der Waals surface area contributed by atoms with Gasteiger partial charge in [0.1, 0.15) is 18.1 Å². The third kappa shape index (κ3) is 4.47. The van der Waals surface area contributed by atoms with Crippen LogP contribution in [-0.4, -0.2) is 46.3 Å². The molecule has 0 saturated carbocycles. The minimum atomic E-state index is -1.22. The summed E-state index contributed by atoms with van der Waals surface area (Å²) >= 11 is 6.00. The molecule has 1 unspecified atom stereocenters. The van der Waals surface area contributed by atoms with E-state index < -0.39 is 11.9 Å². The Morgan fingerprint density at radius 2 is 2.08 bits per heavy atom. The SMILES string of the molecule is O=C(O)c1cnc(C(=O)Nc2cc(Cl)ccc2OCC2CCCO2)cn1. The van der Waals surface area contributed by atoms with E-state index in [1.54, 1.807) is 18.2 Å². The van der Waals surface area contributed by atoms with E-state index in [9.17, 15) is 9.59 Å². The molecule has 1 atom stereocenters. The normalized spacial score (nSPS) is 16.3. The number of hydrogen-bond acceptors (Lipinski definition) is 6. The molecule has 1 aliphatic heterocycles. The summed E-state index contributed by atoms with van der Waals surface area (Å²) in [6.45, 7) is 1.10. The third-order valence-electron chi connectivity index (χ3n) is 3.74. The van der Waals surface area contributed by atoms with E-state index in [0.29, 0.717) is 23.1 Å². The molecule has 1 fully saturated rings. The molecule has 2 aromatic rings. The van der Waals surface area contributed by atoms with Crippen molar-refractivity contribution in [2.45, 2.75) is 18.9 Å². The molecule has 26 heavy (non-hydrogen) atoms. The number of hydrogen-bond donors (Lipinski definition) is 2. The Kier molecular flexibility index (Phi) is 5.65. The Morgan fingerprint density at radius 1 is 1.31 bits per heavy atom. The molecule has 2 N–H and O–H groups in total. The standard InChI is InChI=1S/C17H16ClN3O5/c18-10-3-4-15(26-9-11-2-1-5-25-11)12(6-10)21-16(22)13-7-20-14(8-19-13)17(23)24/h3-4,6-8,11H,1-2,5,9H2,(H,21,22)(H,23,24). The summed E-state index contributed by atoms with van der Waals surface area (Å²) in [5.41, 5.74) is 0.106. The maximum Gasteiger partial charge on any atom is 0.356 e. The van der Waals surface area contributed by atoms with Crippen molar-refractivity contribution in [2.75, 3.05) is 18.5 Å². The number of carboxylic acid groups (broad SMARTS) is 1. The predicted octanol–water partition coefficient (Wildman–Crippen LogP) is 2.64. The van der Waals surface area contributed by atoms with Crippen molar-refractivity contribution in [3.8, 4) is 5.75 Å². The highest BCUT2D eigenvalue weighted by Crippen LogP contribution is 2.29. The van der Waals surface area contributed by atoms with Crippen molar-refractivity contribution in [3.05, 3.63) is 47.0 Å². The molecule has 2 heterocycles. The Balaban J connectivity index is 1.71. The molecule has 1 amide bonds. The number of carbonyl (C=O) groups is 2. The number of ether oxygens (including phenoxy) is 2. The molecule has 1 aliphatic rings. The fraction of sp³-hybridized carbons (Fsp3) is 0.294. The lowest BCUT2D eigenvalue weighted by atomic mass is 10.2. The molecular formula is C17H16ClN3O5. The van der Waals surface area contributed by atoms with Crippen LogP contribution in [0.4, 0.5) is 5.69 Å². The third-order valence-corrected chi connectivity index (χ3v) is 3.98. The number of carboxylic acids is 1.